The van der Waals surface area contributed by atoms with Gasteiger partial charge in [-0.3, -0.25) is 14.4 Å². The van der Waals surface area contributed by atoms with E-state index in [1.54, 1.807) is 31.2 Å². The van der Waals surface area contributed by atoms with E-state index in [0.29, 0.717) is 17.7 Å². The number of benzene rings is 1. The van der Waals surface area contributed by atoms with Crippen LogP contribution in [0.5, 0.6) is 0 Å². The van der Waals surface area contributed by atoms with E-state index in [0.717, 1.165) is 0 Å². The highest BCUT2D eigenvalue weighted by Gasteiger charge is 2.08. The first kappa shape index (κ1) is 13.9. The van der Waals surface area contributed by atoms with Crippen LogP contribution in [0.1, 0.15) is 36.5 Å². The van der Waals surface area contributed by atoms with Crippen molar-refractivity contribution in [1.29, 1.82) is 0 Å². The van der Waals surface area contributed by atoms with Crippen LogP contribution in [0.4, 0.5) is 5.69 Å². The Balaban J connectivity index is 2.62. The third-order valence-corrected chi connectivity index (χ3v) is 2.38. The molecule has 1 rings (SSSR count). The summed E-state index contributed by atoms with van der Waals surface area (Å²) in [5, 5.41) is 11.1. The van der Waals surface area contributed by atoms with Crippen molar-refractivity contribution in [3.8, 4) is 0 Å². The zero-order valence-electron chi connectivity index (χ0n) is 10.1. The van der Waals surface area contributed by atoms with E-state index in [1.165, 1.54) is 0 Å². The largest absolute Gasteiger partial charge is 0.481 e. The highest BCUT2D eigenvalue weighted by molar-refractivity contribution is 5.98. The number of carboxylic acid groups (broad SMARTS) is 1. The van der Waals surface area contributed by atoms with Crippen molar-refractivity contribution in [3.63, 3.8) is 0 Å². The first-order valence-electron chi connectivity index (χ1n) is 5.68. The van der Waals surface area contributed by atoms with Crippen molar-refractivity contribution in [3.05, 3.63) is 29.8 Å². The summed E-state index contributed by atoms with van der Waals surface area (Å²) in [6.07, 6.45) is 0.197. The predicted molar refractivity (Wildman–Crippen MR) is 66.6 cm³/mol. The number of carboxylic acids is 1. The number of ketones is 1. The van der Waals surface area contributed by atoms with Gasteiger partial charge in [-0.2, -0.15) is 0 Å². The van der Waals surface area contributed by atoms with Crippen LogP contribution in [-0.4, -0.2) is 22.8 Å². The predicted octanol–water partition coefficient (Wildman–Crippen LogP) is 2.08. The van der Waals surface area contributed by atoms with Gasteiger partial charge in [-0.25, -0.2) is 0 Å². The van der Waals surface area contributed by atoms with Crippen molar-refractivity contribution in [1.82, 2.24) is 0 Å². The van der Waals surface area contributed by atoms with Crippen LogP contribution < -0.4 is 5.32 Å². The van der Waals surface area contributed by atoms with Crippen molar-refractivity contribution in [2.45, 2.75) is 26.2 Å². The van der Waals surface area contributed by atoms with Crippen LogP contribution in [0.3, 0.4) is 0 Å². The van der Waals surface area contributed by atoms with Gasteiger partial charge >= 0.3 is 5.97 Å². The molecule has 0 atom stereocenters. The van der Waals surface area contributed by atoms with Gasteiger partial charge in [0.1, 0.15) is 0 Å². The molecule has 0 bridgehead atoms. The second-order valence-corrected chi connectivity index (χ2v) is 3.80. The molecule has 18 heavy (non-hydrogen) atoms. The molecule has 2 N–H and O–H groups in total. The van der Waals surface area contributed by atoms with Gasteiger partial charge in [-0.05, 0) is 24.3 Å². The Labute approximate surface area is 105 Å². The SMILES string of the molecule is CCC(=O)Nc1ccc(C(=O)CCC(=O)O)cc1. The molecule has 5 heteroatoms. The summed E-state index contributed by atoms with van der Waals surface area (Å²) in [4.78, 5) is 33.1. The molecule has 1 amide bonds. The maximum atomic E-state index is 11.6. The molecule has 0 saturated carbocycles. The van der Waals surface area contributed by atoms with Crippen LogP contribution >= 0.6 is 0 Å². The van der Waals surface area contributed by atoms with Gasteiger partial charge in [0.25, 0.3) is 0 Å². The Hall–Kier alpha value is -2.17. The smallest absolute Gasteiger partial charge is 0.303 e. The number of aliphatic carboxylic acids is 1. The molecule has 0 fully saturated rings. The molecule has 0 spiro atoms. The Kier molecular flexibility index (Phi) is 5.05. The number of anilines is 1. The van der Waals surface area contributed by atoms with E-state index in [9.17, 15) is 14.4 Å². The molecule has 0 aliphatic rings. The van der Waals surface area contributed by atoms with Crippen molar-refractivity contribution in [2.24, 2.45) is 0 Å². The molecule has 0 unspecified atom stereocenters. The van der Waals surface area contributed by atoms with Crippen molar-refractivity contribution < 1.29 is 19.5 Å². The first-order valence-corrected chi connectivity index (χ1v) is 5.68. The lowest BCUT2D eigenvalue weighted by molar-refractivity contribution is -0.137. The molecule has 1 aromatic rings. The van der Waals surface area contributed by atoms with Crippen LogP contribution in [0.25, 0.3) is 0 Å². The maximum absolute atomic E-state index is 11.6. The Morgan fingerprint density at radius 3 is 2.22 bits per heavy atom. The minimum atomic E-state index is -0.991. The zero-order chi connectivity index (χ0) is 13.5. The zero-order valence-corrected chi connectivity index (χ0v) is 10.1. The van der Waals surface area contributed by atoms with Crippen LogP contribution in [-0.2, 0) is 9.59 Å². The average molecular weight is 249 g/mol. The number of carbonyl (C=O) groups excluding carboxylic acids is 2. The van der Waals surface area contributed by atoms with Gasteiger partial charge in [-0.1, -0.05) is 6.92 Å². The lowest BCUT2D eigenvalue weighted by Crippen LogP contribution is -2.09. The number of hydrogen-bond donors (Lipinski definition) is 2. The third kappa shape index (κ3) is 4.37. The number of rotatable bonds is 6. The number of nitrogens with one attached hydrogen (secondary N) is 1. The molecular weight excluding hydrogens is 234 g/mol. The summed E-state index contributed by atoms with van der Waals surface area (Å²) < 4.78 is 0. The summed E-state index contributed by atoms with van der Waals surface area (Å²) in [7, 11) is 0. The standard InChI is InChI=1S/C13H15NO4/c1-2-12(16)14-10-5-3-9(4-6-10)11(15)7-8-13(17)18/h3-6H,2,7-8H2,1H3,(H,14,16)(H,17,18). The lowest BCUT2D eigenvalue weighted by atomic mass is 10.1. The Bertz CT molecular complexity index is 451. The van der Waals surface area contributed by atoms with E-state index >= 15 is 0 Å². The van der Waals surface area contributed by atoms with Crippen LogP contribution in [0.15, 0.2) is 24.3 Å². The van der Waals surface area contributed by atoms with E-state index in [1.807, 2.05) is 0 Å². The Morgan fingerprint density at radius 1 is 1.11 bits per heavy atom. The molecular formula is C13H15NO4. The molecule has 96 valence electrons. The maximum Gasteiger partial charge on any atom is 0.303 e. The summed E-state index contributed by atoms with van der Waals surface area (Å²) in [6.45, 7) is 1.75. The molecule has 0 radical (unpaired) electrons. The van der Waals surface area contributed by atoms with Gasteiger partial charge in [0.2, 0.25) is 5.91 Å². The summed E-state index contributed by atoms with van der Waals surface area (Å²) in [5.41, 5.74) is 1.07. The number of amides is 1. The minimum Gasteiger partial charge on any atom is -0.481 e. The van der Waals surface area contributed by atoms with E-state index in [-0.39, 0.29) is 24.5 Å². The first-order chi connectivity index (χ1) is 8.52. The van der Waals surface area contributed by atoms with Crippen molar-refractivity contribution in [2.75, 3.05) is 5.32 Å². The number of hydrogen-bond acceptors (Lipinski definition) is 3. The quantitative estimate of drug-likeness (QED) is 0.756. The topological polar surface area (TPSA) is 83.5 Å². The molecule has 0 aliphatic heterocycles. The Morgan fingerprint density at radius 2 is 1.72 bits per heavy atom. The minimum absolute atomic E-state index is 0.0179. The van der Waals surface area contributed by atoms with Crippen LogP contribution in [0, 0.1) is 0 Å². The fourth-order valence-corrected chi connectivity index (χ4v) is 1.35. The van der Waals surface area contributed by atoms with Crippen molar-refractivity contribution >= 4 is 23.3 Å². The average Bonchev–Trinajstić information content (AvgIpc) is 2.36. The number of carbonyl (C=O) groups is 3. The summed E-state index contributed by atoms with van der Waals surface area (Å²) >= 11 is 0. The van der Waals surface area contributed by atoms with E-state index < -0.39 is 5.97 Å². The highest BCUT2D eigenvalue weighted by atomic mass is 16.4. The van der Waals surface area contributed by atoms with Crippen LogP contribution in [0.2, 0.25) is 0 Å². The summed E-state index contributed by atoms with van der Waals surface area (Å²) in [5.74, 6) is -1.30. The third-order valence-electron chi connectivity index (χ3n) is 2.38. The van der Waals surface area contributed by atoms with Gasteiger partial charge < -0.3 is 10.4 Å². The summed E-state index contributed by atoms with van der Waals surface area (Å²) in [6, 6.07) is 6.41. The molecule has 1 aromatic carbocycles. The molecule has 0 saturated heterocycles. The molecule has 0 heterocycles. The lowest BCUT2D eigenvalue weighted by Gasteiger charge is -2.04. The molecule has 0 aliphatic carbocycles. The second-order valence-electron chi connectivity index (χ2n) is 3.80. The normalized spacial score (nSPS) is 9.83. The van der Waals surface area contributed by atoms with E-state index in [2.05, 4.69) is 5.32 Å². The fraction of sp³-hybridized carbons (Fsp3) is 0.308. The van der Waals surface area contributed by atoms with Gasteiger partial charge in [-0.15, -0.1) is 0 Å². The highest BCUT2D eigenvalue weighted by Crippen LogP contribution is 2.12. The number of Topliss-reactive ketones (excluding diaryl/α,β-unsaturated/α-hetero) is 1. The molecule has 0 aromatic heterocycles. The van der Waals surface area contributed by atoms with Gasteiger partial charge in [0.05, 0.1) is 6.42 Å². The second kappa shape index (κ2) is 6.54. The molecule has 5 nitrogen and oxygen atoms in total. The fourth-order valence-electron chi connectivity index (χ4n) is 1.35. The monoisotopic (exact) mass is 249 g/mol. The van der Waals surface area contributed by atoms with E-state index in [4.69, 9.17) is 5.11 Å². The van der Waals surface area contributed by atoms with Gasteiger partial charge in [0, 0.05) is 24.1 Å². The van der Waals surface area contributed by atoms with Gasteiger partial charge in [0.15, 0.2) is 5.78 Å².